The Balaban J connectivity index is 1.66. The average Bonchev–Trinajstić information content (AvgIpc) is 3.25. The van der Waals surface area contributed by atoms with Crippen molar-refractivity contribution in [3.63, 3.8) is 0 Å². The molecule has 0 saturated carbocycles. The van der Waals surface area contributed by atoms with Gasteiger partial charge in [0, 0.05) is 13.7 Å². The molecule has 11 heteroatoms. The van der Waals surface area contributed by atoms with Crippen molar-refractivity contribution in [2.75, 3.05) is 37.1 Å². The maximum absolute atomic E-state index is 12.5. The number of carbonyl (C=O) groups is 1. The molecule has 11 nitrogen and oxygen atoms in total. The van der Waals surface area contributed by atoms with E-state index in [-0.39, 0.29) is 12.1 Å². The van der Waals surface area contributed by atoms with Gasteiger partial charge in [-0.15, -0.1) is 0 Å². The third-order valence-electron chi connectivity index (χ3n) is 6.30. The molecule has 192 valence electrons. The monoisotopic (exact) mass is 502 g/mol. The summed E-state index contributed by atoms with van der Waals surface area (Å²) in [6.07, 6.45) is 2.69. The number of aryl methyl sites for hydroxylation is 1. The van der Waals surface area contributed by atoms with E-state index in [9.17, 15) is 4.79 Å². The molecule has 0 aliphatic carbocycles. The highest BCUT2D eigenvalue weighted by Crippen LogP contribution is 2.36. The molecule has 2 aromatic carbocycles. The van der Waals surface area contributed by atoms with Crippen molar-refractivity contribution in [1.29, 1.82) is 0 Å². The molecule has 1 atom stereocenters. The van der Waals surface area contributed by atoms with Crippen LogP contribution in [-0.2, 0) is 4.74 Å². The second-order valence-corrected chi connectivity index (χ2v) is 8.75. The van der Waals surface area contributed by atoms with Gasteiger partial charge in [0.05, 0.1) is 40.8 Å². The number of methoxy groups -OCH3 is 1. The number of anilines is 5. The van der Waals surface area contributed by atoms with Crippen molar-refractivity contribution >= 4 is 45.8 Å². The Hall–Kier alpha value is -4.38. The minimum atomic E-state index is -0.222. The van der Waals surface area contributed by atoms with E-state index in [4.69, 9.17) is 30.3 Å². The molecule has 1 aliphatic rings. The largest absolute Gasteiger partial charge is 0.492 e. The summed E-state index contributed by atoms with van der Waals surface area (Å²) in [6, 6.07) is 12.7. The first-order chi connectivity index (χ1) is 18.0. The normalized spacial score (nSPS) is 15.4. The molecule has 1 unspecified atom stereocenters. The van der Waals surface area contributed by atoms with E-state index in [1.54, 1.807) is 26.3 Å². The number of nitrogen functional groups attached to an aromatic ring is 1. The first kappa shape index (κ1) is 24.3. The summed E-state index contributed by atoms with van der Waals surface area (Å²) in [6.45, 7) is 2.58. The van der Waals surface area contributed by atoms with Crippen molar-refractivity contribution in [3.8, 4) is 5.75 Å². The molecule has 4 aromatic rings. The van der Waals surface area contributed by atoms with E-state index in [0.717, 1.165) is 30.3 Å². The van der Waals surface area contributed by atoms with Crippen LogP contribution in [0.15, 0.2) is 42.5 Å². The summed E-state index contributed by atoms with van der Waals surface area (Å²) >= 11 is 0. The van der Waals surface area contributed by atoms with Crippen molar-refractivity contribution in [2.24, 2.45) is 0 Å². The van der Waals surface area contributed by atoms with Gasteiger partial charge in [0.1, 0.15) is 5.82 Å². The van der Waals surface area contributed by atoms with Crippen molar-refractivity contribution in [1.82, 2.24) is 25.1 Å². The number of benzene rings is 2. The Bertz CT molecular complexity index is 1450. The molecule has 1 amide bonds. The number of para-hydroxylation sites is 2. The lowest BCUT2D eigenvalue weighted by Crippen LogP contribution is -2.20. The van der Waals surface area contributed by atoms with Crippen LogP contribution in [0.4, 0.5) is 28.8 Å². The minimum Gasteiger partial charge on any atom is -0.492 e. The fourth-order valence-electron chi connectivity index (χ4n) is 4.52. The van der Waals surface area contributed by atoms with Gasteiger partial charge < -0.3 is 31.2 Å². The van der Waals surface area contributed by atoms with Crippen LogP contribution in [0.2, 0.25) is 0 Å². The fourth-order valence-corrected chi connectivity index (χ4v) is 4.52. The number of nitrogens with two attached hydrogens (primary N) is 1. The molecule has 2 aromatic heterocycles. The Morgan fingerprint density at radius 2 is 1.92 bits per heavy atom. The number of aromatic nitrogens is 4. The van der Waals surface area contributed by atoms with Gasteiger partial charge in [0.15, 0.2) is 17.6 Å². The molecule has 0 spiro atoms. The van der Waals surface area contributed by atoms with Crippen LogP contribution < -0.4 is 26.4 Å². The Morgan fingerprint density at radius 1 is 1.11 bits per heavy atom. The van der Waals surface area contributed by atoms with E-state index < -0.39 is 0 Å². The van der Waals surface area contributed by atoms with E-state index >= 15 is 0 Å². The number of nitrogens with zero attached hydrogens (tertiary/aromatic N) is 4. The molecule has 0 radical (unpaired) electrons. The number of nitrogens with one attached hydrogen (secondary N) is 3. The number of carbonyl (C=O) groups excluding carboxylic acids is 1. The lowest BCUT2D eigenvalue weighted by atomic mass is 10.1. The first-order valence-electron chi connectivity index (χ1n) is 12.2. The van der Waals surface area contributed by atoms with Gasteiger partial charge in [-0.2, -0.15) is 15.1 Å². The topological polar surface area (TPSA) is 141 Å². The summed E-state index contributed by atoms with van der Waals surface area (Å²) in [4.78, 5) is 22.1. The molecule has 5 N–H and O–H groups in total. The molecule has 1 saturated heterocycles. The fraction of sp³-hybridized carbons (Fsp3) is 0.308. The zero-order chi connectivity index (χ0) is 25.9. The number of rotatable bonds is 7. The minimum absolute atomic E-state index is 0.209. The van der Waals surface area contributed by atoms with Crippen molar-refractivity contribution in [2.45, 2.75) is 32.4 Å². The number of fused-ring (bicyclic) bond motifs is 1. The summed E-state index contributed by atoms with van der Waals surface area (Å²) in [5.74, 6) is 1.10. The van der Waals surface area contributed by atoms with Gasteiger partial charge in [-0.3, -0.25) is 4.79 Å². The number of hydrogen-bond donors (Lipinski definition) is 4. The summed E-state index contributed by atoms with van der Waals surface area (Å²) < 4.78 is 13.3. The van der Waals surface area contributed by atoms with Crippen LogP contribution in [-0.4, -0.2) is 46.4 Å². The Labute approximate surface area is 214 Å². The van der Waals surface area contributed by atoms with Gasteiger partial charge in [0.2, 0.25) is 5.95 Å². The smallest absolute Gasteiger partial charge is 0.253 e. The van der Waals surface area contributed by atoms with Gasteiger partial charge in [-0.1, -0.05) is 18.2 Å². The average molecular weight is 503 g/mol. The predicted octanol–water partition coefficient (Wildman–Crippen LogP) is 4.27. The highest BCUT2D eigenvalue weighted by atomic mass is 16.5. The highest BCUT2D eigenvalue weighted by molar-refractivity contribution is 6.01. The number of amides is 1. The SMILES string of the molecule is CNC(=O)c1ccccc1Nc1nc(Nc2cccc(N)c2OC)nc2c1c(C)nn2C1CCCCO1. The maximum atomic E-state index is 12.5. The van der Waals surface area contributed by atoms with E-state index in [1.807, 2.05) is 41.9 Å². The zero-order valence-electron chi connectivity index (χ0n) is 21.0. The molecule has 0 bridgehead atoms. The van der Waals surface area contributed by atoms with Crippen molar-refractivity contribution < 1.29 is 14.3 Å². The predicted molar refractivity (Wildman–Crippen MR) is 143 cm³/mol. The second kappa shape index (κ2) is 10.3. The lowest BCUT2D eigenvalue weighted by Gasteiger charge is -2.23. The zero-order valence-corrected chi connectivity index (χ0v) is 21.0. The summed E-state index contributed by atoms with van der Waals surface area (Å²) in [5.41, 5.74) is 9.67. The van der Waals surface area contributed by atoms with E-state index in [0.29, 0.717) is 52.4 Å². The van der Waals surface area contributed by atoms with Crippen LogP contribution in [0.1, 0.15) is 41.5 Å². The Morgan fingerprint density at radius 3 is 2.68 bits per heavy atom. The van der Waals surface area contributed by atoms with Gasteiger partial charge in [-0.05, 0) is 50.5 Å². The van der Waals surface area contributed by atoms with Crippen LogP contribution in [0.3, 0.4) is 0 Å². The van der Waals surface area contributed by atoms with Crippen LogP contribution >= 0.6 is 0 Å². The molecular formula is C26H30N8O3. The third-order valence-corrected chi connectivity index (χ3v) is 6.30. The standard InChI is InChI=1S/C26H30N8O3/c1-15-21-23(29-18-11-5-4-9-16(18)25(35)28-2)31-26(30-19-12-8-10-17(27)22(19)36-3)32-24(21)34(33-15)20-13-6-7-14-37-20/h4-5,8-12,20H,6-7,13-14,27H2,1-3H3,(H,28,35)(H2,29,30,31,32). The quantitative estimate of drug-likeness (QED) is 0.273. The lowest BCUT2D eigenvalue weighted by molar-refractivity contribution is -0.0371. The van der Waals surface area contributed by atoms with Crippen LogP contribution in [0.5, 0.6) is 5.75 Å². The summed E-state index contributed by atoms with van der Waals surface area (Å²) in [5, 5.41) is 14.8. The molecule has 3 heterocycles. The number of hydrogen-bond acceptors (Lipinski definition) is 9. The van der Waals surface area contributed by atoms with Gasteiger partial charge in [0.25, 0.3) is 5.91 Å². The van der Waals surface area contributed by atoms with Crippen molar-refractivity contribution in [3.05, 3.63) is 53.7 Å². The molecule has 1 aliphatic heterocycles. The highest BCUT2D eigenvalue weighted by Gasteiger charge is 2.25. The molecule has 5 rings (SSSR count). The van der Waals surface area contributed by atoms with E-state index in [1.165, 1.54) is 0 Å². The van der Waals surface area contributed by atoms with E-state index in [2.05, 4.69) is 16.0 Å². The van der Waals surface area contributed by atoms with Gasteiger partial charge in [-0.25, -0.2) is 4.68 Å². The molecular weight excluding hydrogens is 472 g/mol. The molecule has 1 fully saturated rings. The Kier molecular flexibility index (Phi) is 6.78. The van der Waals surface area contributed by atoms with Gasteiger partial charge >= 0.3 is 0 Å². The number of ether oxygens (including phenoxy) is 2. The third kappa shape index (κ3) is 4.73. The van der Waals surface area contributed by atoms with Crippen LogP contribution in [0, 0.1) is 6.92 Å². The summed E-state index contributed by atoms with van der Waals surface area (Å²) in [7, 11) is 3.16. The maximum Gasteiger partial charge on any atom is 0.253 e. The second-order valence-electron chi connectivity index (χ2n) is 8.75. The first-order valence-corrected chi connectivity index (χ1v) is 12.2. The van der Waals surface area contributed by atoms with Crippen LogP contribution in [0.25, 0.3) is 11.0 Å². The molecule has 37 heavy (non-hydrogen) atoms.